The number of morpholine rings is 1. The minimum Gasteiger partial charge on any atom is -0.394 e. The van der Waals surface area contributed by atoms with E-state index in [0.717, 1.165) is 31.2 Å². The van der Waals surface area contributed by atoms with Crippen LogP contribution in [0.2, 0.25) is 0 Å². The summed E-state index contributed by atoms with van der Waals surface area (Å²) in [5.74, 6) is 0.400. The second-order valence-electron chi connectivity index (χ2n) is 5.96. The van der Waals surface area contributed by atoms with Crippen LogP contribution in [0, 0.1) is 5.92 Å². The summed E-state index contributed by atoms with van der Waals surface area (Å²) in [5, 5.41) is 9.62. The summed E-state index contributed by atoms with van der Waals surface area (Å²) in [6.45, 7) is 1.06. The van der Waals surface area contributed by atoms with Crippen molar-refractivity contribution in [1.29, 1.82) is 0 Å². The third-order valence-corrected chi connectivity index (χ3v) is 4.66. The molecule has 1 aromatic rings. The van der Waals surface area contributed by atoms with Gasteiger partial charge in [0.25, 0.3) is 0 Å². The number of nitrogens with zero attached hydrogens (tertiary/aromatic N) is 1. The summed E-state index contributed by atoms with van der Waals surface area (Å²) in [6.07, 6.45) is 3.98. The molecule has 0 spiro atoms. The highest BCUT2D eigenvalue weighted by atomic mass is 16.5. The van der Waals surface area contributed by atoms with E-state index in [4.69, 9.17) is 4.74 Å². The molecule has 1 aromatic carbocycles. The van der Waals surface area contributed by atoms with Gasteiger partial charge in [-0.3, -0.25) is 4.79 Å². The van der Waals surface area contributed by atoms with Crippen molar-refractivity contribution in [2.45, 2.75) is 37.8 Å². The van der Waals surface area contributed by atoms with Crippen molar-refractivity contribution in [2.75, 3.05) is 19.8 Å². The standard InChI is InChI=1S/C17H23NO3/c19-12-15-16(13-6-2-1-3-7-13)18(10-11-21-15)17(20)14-8-4-5-9-14/h1-3,6-7,14-16,19H,4-5,8-12H2/t15-,16-/m1/s1. The molecule has 4 heteroatoms. The zero-order valence-corrected chi connectivity index (χ0v) is 12.3. The number of amides is 1. The first-order valence-corrected chi connectivity index (χ1v) is 7.89. The number of ether oxygens (including phenoxy) is 1. The Balaban J connectivity index is 1.86. The van der Waals surface area contributed by atoms with Gasteiger partial charge in [-0.2, -0.15) is 0 Å². The predicted octanol–water partition coefficient (Wildman–Crippen LogP) is 2.14. The third-order valence-electron chi connectivity index (χ3n) is 4.66. The van der Waals surface area contributed by atoms with Crippen LogP contribution >= 0.6 is 0 Å². The van der Waals surface area contributed by atoms with Crippen molar-refractivity contribution >= 4 is 5.91 Å². The number of hydrogen-bond acceptors (Lipinski definition) is 3. The van der Waals surface area contributed by atoms with Gasteiger partial charge in [-0.1, -0.05) is 43.2 Å². The second kappa shape index (κ2) is 6.58. The Morgan fingerprint density at radius 1 is 1.24 bits per heavy atom. The van der Waals surface area contributed by atoms with E-state index in [-0.39, 0.29) is 30.6 Å². The zero-order valence-electron chi connectivity index (χ0n) is 12.3. The second-order valence-corrected chi connectivity index (χ2v) is 5.96. The maximum atomic E-state index is 12.8. The Hall–Kier alpha value is -1.39. The molecule has 0 radical (unpaired) electrons. The Morgan fingerprint density at radius 3 is 2.62 bits per heavy atom. The maximum absolute atomic E-state index is 12.8. The van der Waals surface area contributed by atoms with Crippen LogP contribution in [0.5, 0.6) is 0 Å². The van der Waals surface area contributed by atoms with Gasteiger partial charge in [0.2, 0.25) is 5.91 Å². The predicted molar refractivity (Wildman–Crippen MR) is 79.7 cm³/mol. The molecule has 1 saturated heterocycles. The first kappa shape index (κ1) is 14.5. The van der Waals surface area contributed by atoms with Gasteiger partial charge in [0.1, 0.15) is 6.10 Å². The highest BCUT2D eigenvalue weighted by Gasteiger charge is 2.38. The van der Waals surface area contributed by atoms with Crippen LogP contribution in [0.3, 0.4) is 0 Å². The van der Waals surface area contributed by atoms with Crippen molar-refractivity contribution in [3.63, 3.8) is 0 Å². The smallest absolute Gasteiger partial charge is 0.226 e. The van der Waals surface area contributed by atoms with Crippen molar-refractivity contribution in [1.82, 2.24) is 4.90 Å². The number of aliphatic hydroxyl groups is 1. The van der Waals surface area contributed by atoms with Gasteiger partial charge < -0.3 is 14.7 Å². The molecule has 4 nitrogen and oxygen atoms in total. The molecule has 0 aromatic heterocycles. The average Bonchev–Trinajstić information content (AvgIpc) is 3.08. The molecule has 114 valence electrons. The van der Waals surface area contributed by atoms with Crippen molar-refractivity contribution in [2.24, 2.45) is 5.92 Å². The number of hydrogen-bond donors (Lipinski definition) is 1. The molecule has 0 bridgehead atoms. The van der Waals surface area contributed by atoms with E-state index in [1.807, 2.05) is 35.2 Å². The van der Waals surface area contributed by atoms with E-state index in [2.05, 4.69) is 0 Å². The molecule has 2 aliphatic rings. The summed E-state index contributed by atoms with van der Waals surface area (Å²) in [4.78, 5) is 14.8. The molecule has 1 N–H and O–H groups in total. The average molecular weight is 289 g/mol. The largest absolute Gasteiger partial charge is 0.394 e. The lowest BCUT2D eigenvalue weighted by Gasteiger charge is -2.42. The summed E-state index contributed by atoms with van der Waals surface area (Å²) in [7, 11) is 0. The van der Waals surface area contributed by atoms with E-state index in [9.17, 15) is 9.90 Å². The first-order chi connectivity index (χ1) is 10.3. The molecular weight excluding hydrogens is 266 g/mol. The number of carbonyl (C=O) groups is 1. The Labute approximate surface area is 125 Å². The van der Waals surface area contributed by atoms with Gasteiger partial charge in [-0.05, 0) is 18.4 Å². The zero-order chi connectivity index (χ0) is 14.7. The first-order valence-electron chi connectivity index (χ1n) is 7.89. The number of benzene rings is 1. The fourth-order valence-corrected chi connectivity index (χ4v) is 3.59. The number of aliphatic hydroxyl groups excluding tert-OH is 1. The van der Waals surface area contributed by atoms with Gasteiger partial charge in [0.15, 0.2) is 0 Å². The lowest BCUT2D eigenvalue weighted by atomic mass is 9.96. The van der Waals surface area contributed by atoms with E-state index in [0.29, 0.717) is 13.2 Å². The summed E-state index contributed by atoms with van der Waals surface area (Å²) in [6, 6.07) is 9.75. The van der Waals surface area contributed by atoms with E-state index < -0.39 is 0 Å². The third kappa shape index (κ3) is 2.97. The summed E-state index contributed by atoms with van der Waals surface area (Å²) >= 11 is 0. The molecule has 21 heavy (non-hydrogen) atoms. The van der Waals surface area contributed by atoms with Crippen LogP contribution < -0.4 is 0 Å². The quantitative estimate of drug-likeness (QED) is 0.927. The van der Waals surface area contributed by atoms with E-state index in [1.54, 1.807) is 0 Å². The summed E-state index contributed by atoms with van der Waals surface area (Å²) < 4.78 is 5.69. The Bertz CT molecular complexity index is 470. The minimum atomic E-state index is -0.327. The van der Waals surface area contributed by atoms with Crippen LogP contribution in [0.25, 0.3) is 0 Å². The minimum absolute atomic E-state index is 0.0615. The van der Waals surface area contributed by atoms with Crippen molar-refractivity contribution in [3.05, 3.63) is 35.9 Å². The molecule has 0 unspecified atom stereocenters. The van der Waals surface area contributed by atoms with Crippen LogP contribution in [0.15, 0.2) is 30.3 Å². The van der Waals surface area contributed by atoms with E-state index >= 15 is 0 Å². The van der Waals surface area contributed by atoms with Gasteiger partial charge >= 0.3 is 0 Å². The molecule has 1 heterocycles. The van der Waals surface area contributed by atoms with Crippen molar-refractivity contribution in [3.8, 4) is 0 Å². The Kier molecular flexibility index (Phi) is 4.56. The lowest BCUT2D eigenvalue weighted by molar-refractivity contribution is -0.154. The van der Waals surface area contributed by atoms with Gasteiger partial charge in [-0.15, -0.1) is 0 Å². The maximum Gasteiger partial charge on any atom is 0.226 e. The van der Waals surface area contributed by atoms with E-state index in [1.165, 1.54) is 0 Å². The fourth-order valence-electron chi connectivity index (χ4n) is 3.59. The lowest BCUT2D eigenvalue weighted by Crippen LogP contribution is -2.50. The van der Waals surface area contributed by atoms with Crippen LogP contribution in [-0.2, 0) is 9.53 Å². The molecule has 3 rings (SSSR count). The van der Waals surface area contributed by atoms with Crippen molar-refractivity contribution < 1.29 is 14.6 Å². The highest BCUT2D eigenvalue weighted by molar-refractivity contribution is 5.79. The van der Waals surface area contributed by atoms with Gasteiger partial charge in [0.05, 0.1) is 19.3 Å². The Morgan fingerprint density at radius 2 is 1.95 bits per heavy atom. The van der Waals surface area contributed by atoms with Gasteiger partial charge in [-0.25, -0.2) is 0 Å². The molecule has 1 amide bonds. The fraction of sp³-hybridized carbons (Fsp3) is 0.588. The molecule has 1 saturated carbocycles. The molecular formula is C17H23NO3. The molecule has 1 aliphatic carbocycles. The molecule has 2 fully saturated rings. The highest BCUT2D eigenvalue weighted by Crippen LogP contribution is 2.34. The summed E-state index contributed by atoms with van der Waals surface area (Å²) in [5.41, 5.74) is 1.04. The van der Waals surface area contributed by atoms with Gasteiger partial charge in [0, 0.05) is 12.5 Å². The topological polar surface area (TPSA) is 49.8 Å². The SMILES string of the molecule is O=C(C1CCCC1)N1CCO[C@H](CO)[C@H]1c1ccccc1. The van der Waals surface area contributed by atoms with Crippen LogP contribution in [-0.4, -0.2) is 41.8 Å². The monoisotopic (exact) mass is 289 g/mol. The van der Waals surface area contributed by atoms with Crippen LogP contribution in [0.4, 0.5) is 0 Å². The number of carbonyl (C=O) groups excluding carboxylic acids is 1. The normalized spacial score (nSPS) is 27.0. The molecule has 1 aliphatic heterocycles. The number of rotatable bonds is 3. The molecule has 2 atom stereocenters. The van der Waals surface area contributed by atoms with Crippen LogP contribution in [0.1, 0.15) is 37.3 Å².